The number of nitrogens with zero attached hydrogens (tertiary/aromatic N) is 2. The van der Waals surface area contributed by atoms with E-state index in [0.717, 1.165) is 24.9 Å². The van der Waals surface area contributed by atoms with Crippen LogP contribution in [-0.2, 0) is 4.79 Å². The summed E-state index contributed by atoms with van der Waals surface area (Å²) in [7, 11) is 0. The van der Waals surface area contributed by atoms with E-state index in [4.69, 9.17) is 16.9 Å². The molecule has 0 radical (unpaired) electrons. The molecule has 1 aliphatic heterocycles. The lowest BCUT2D eigenvalue weighted by molar-refractivity contribution is -0.118. The van der Waals surface area contributed by atoms with Gasteiger partial charge in [0, 0.05) is 11.6 Å². The molecule has 0 bridgehead atoms. The third-order valence-electron chi connectivity index (χ3n) is 5.12. The molecule has 1 aromatic carbocycles. The first-order chi connectivity index (χ1) is 11.2. The predicted molar refractivity (Wildman–Crippen MR) is 91.3 cm³/mol. The molecule has 1 saturated heterocycles. The zero-order valence-electron chi connectivity index (χ0n) is 13.2. The molecular weight excluding hydrogens is 310 g/mol. The Morgan fingerprint density at radius 2 is 2.09 bits per heavy atom. The highest BCUT2D eigenvalue weighted by Crippen LogP contribution is 2.35. The number of nitrogens with one attached hydrogen (secondary N) is 1. The topological polar surface area (TPSA) is 56.1 Å². The molecule has 2 atom stereocenters. The van der Waals surface area contributed by atoms with Crippen LogP contribution in [0.2, 0.25) is 5.02 Å². The van der Waals surface area contributed by atoms with Crippen LogP contribution >= 0.6 is 11.6 Å². The molecule has 122 valence electrons. The Morgan fingerprint density at radius 1 is 1.30 bits per heavy atom. The standard InChI is InChI=1S/C18H22ClN3O/c19-16-6-5-14(10-20)17(9-16)21-18(23)12-22-8-7-13-3-1-2-4-15(13)11-22/h5-6,9,13,15H,1-4,7-8,11-12H2,(H,21,23)/t13-,15-/m1/s1. The minimum atomic E-state index is -0.0713. The Kier molecular flexibility index (Phi) is 5.20. The third kappa shape index (κ3) is 4.04. The van der Waals surface area contributed by atoms with Crippen LogP contribution in [0.3, 0.4) is 0 Å². The van der Waals surface area contributed by atoms with Gasteiger partial charge in [-0.3, -0.25) is 9.69 Å². The summed E-state index contributed by atoms with van der Waals surface area (Å²) in [5, 5.41) is 12.5. The number of piperidine rings is 1. The van der Waals surface area contributed by atoms with E-state index in [-0.39, 0.29) is 5.91 Å². The number of benzene rings is 1. The Hall–Kier alpha value is -1.57. The molecule has 0 spiro atoms. The first kappa shape index (κ1) is 16.3. The molecule has 2 fully saturated rings. The molecule has 23 heavy (non-hydrogen) atoms. The van der Waals surface area contributed by atoms with Crippen molar-refractivity contribution in [2.45, 2.75) is 32.1 Å². The fourth-order valence-electron chi connectivity index (χ4n) is 3.93. The number of carbonyl (C=O) groups excluding carboxylic acids is 1. The molecule has 1 saturated carbocycles. The van der Waals surface area contributed by atoms with Gasteiger partial charge in [0.15, 0.2) is 0 Å². The molecule has 1 aliphatic carbocycles. The minimum Gasteiger partial charge on any atom is -0.324 e. The molecule has 1 N–H and O–H groups in total. The highest BCUT2D eigenvalue weighted by atomic mass is 35.5. The van der Waals surface area contributed by atoms with Crippen LogP contribution in [0.1, 0.15) is 37.7 Å². The summed E-state index contributed by atoms with van der Waals surface area (Å²) in [6.07, 6.45) is 6.57. The fourth-order valence-corrected chi connectivity index (χ4v) is 4.10. The maximum atomic E-state index is 12.3. The highest BCUT2D eigenvalue weighted by Gasteiger charge is 2.31. The lowest BCUT2D eigenvalue weighted by Crippen LogP contribution is -2.44. The lowest BCUT2D eigenvalue weighted by atomic mass is 9.75. The molecule has 0 unspecified atom stereocenters. The SMILES string of the molecule is N#Cc1ccc(Cl)cc1NC(=O)CN1CC[C@H]2CCCC[C@@H]2C1. The Bertz CT molecular complexity index is 625. The van der Waals surface area contributed by atoms with Crippen molar-refractivity contribution in [3.63, 3.8) is 0 Å². The van der Waals surface area contributed by atoms with Gasteiger partial charge in [-0.1, -0.05) is 30.9 Å². The summed E-state index contributed by atoms with van der Waals surface area (Å²) in [5.74, 6) is 1.55. The summed E-state index contributed by atoms with van der Waals surface area (Å²) in [6.45, 7) is 2.41. The van der Waals surface area contributed by atoms with Crippen LogP contribution in [0, 0.1) is 23.2 Å². The van der Waals surface area contributed by atoms with E-state index in [2.05, 4.69) is 16.3 Å². The van der Waals surface area contributed by atoms with Crippen LogP contribution in [0.5, 0.6) is 0 Å². The van der Waals surface area contributed by atoms with Crippen LogP contribution < -0.4 is 5.32 Å². The molecule has 5 heteroatoms. The molecule has 1 amide bonds. The second kappa shape index (κ2) is 7.33. The van der Waals surface area contributed by atoms with Crippen LogP contribution in [0.25, 0.3) is 0 Å². The number of carbonyl (C=O) groups is 1. The first-order valence-electron chi connectivity index (χ1n) is 8.37. The average Bonchev–Trinajstić information content (AvgIpc) is 2.55. The number of rotatable bonds is 3. The summed E-state index contributed by atoms with van der Waals surface area (Å²) in [5.41, 5.74) is 0.936. The quantitative estimate of drug-likeness (QED) is 0.919. The Labute approximate surface area is 142 Å². The zero-order valence-corrected chi connectivity index (χ0v) is 14.0. The smallest absolute Gasteiger partial charge is 0.238 e. The number of hydrogen-bond donors (Lipinski definition) is 1. The van der Waals surface area contributed by atoms with E-state index in [9.17, 15) is 4.79 Å². The predicted octanol–water partition coefficient (Wildman–Crippen LogP) is 3.66. The number of anilines is 1. The average molecular weight is 332 g/mol. The van der Waals surface area contributed by atoms with Gasteiger partial charge in [-0.15, -0.1) is 0 Å². The number of amides is 1. The van der Waals surface area contributed by atoms with Gasteiger partial charge in [-0.2, -0.15) is 5.26 Å². The lowest BCUT2D eigenvalue weighted by Gasteiger charge is -2.41. The molecule has 1 aromatic rings. The number of nitriles is 1. The maximum absolute atomic E-state index is 12.3. The van der Waals surface area contributed by atoms with Crippen molar-refractivity contribution in [2.24, 2.45) is 11.8 Å². The van der Waals surface area contributed by atoms with Gasteiger partial charge in [0.05, 0.1) is 17.8 Å². The highest BCUT2D eigenvalue weighted by molar-refractivity contribution is 6.31. The number of halogens is 1. The molecule has 4 nitrogen and oxygen atoms in total. The van der Waals surface area contributed by atoms with Crippen molar-refractivity contribution >= 4 is 23.2 Å². The summed E-state index contributed by atoms with van der Waals surface area (Å²) < 4.78 is 0. The molecule has 2 aliphatic rings. The molecule has 3 rings (SSSR count). The van der Waals surface area contributed by atoms with Crippen LogP contribution in [0.15, 0.2) is 18.2 Å². The zero-order chi connectivity index (χ0) is 16.2. The normalized spacial score (nSPS) is 24.5. The fraction of sp³-hybridized carbons (Fsp3) is 0.556. The van der Waals surface area contributed by atoms with Crippen molar-refractivity contribution in [3.8, 4) is 6.07 Å². The van der Waals surface area contributed by atoms with Crippen molar-refractivity contribution in [3.05, 3.63) is 28.8 Å². The summed E-state index contributed by atoms with van der Waals surface area (Å²) in [6, 6.07) is 7.00. The van der Waals surface area contributed by atoms with Gasteiger partial charge >= 0.3 is 0 Å². The number of hydrogen-bond acceptors (Lipinski definition) is 3. The summed E-state index contributed by atoms with van der Waals surface area (Å²) in [4.78, 5) is 14.6. The van der Waals surface area contributed by atoms with Crippen LogP contribution in [-0.4, -0.2) is 30.4 Å². The van der Waals surface area contributed by atoms with Gasteiger partial charge in [-0.05, 0) is 49.4 Å². The van der Waals surface area contributed by atoms with Gasteiger partial charge in [0.1, 0.15) is 6.07 Å². The van der Waals surface area contributed by atoms with Crippen molar-refractivity contribution in [1.82, 2.24) is 4.90 Å². The van der Waals surface area contributed by atoms with Gasteiger partial charge in [0.25, 0.3) is 0 Å². The van der Waals surface area contributed by atoms with E-state index in [1.807, 2.05) is 0 Å². The number of fused-ring (bicyclic) bond motifs is 1. The van der Waals surface area contributed by atoms with E-state index in [0.29, 0.717) is 22.8 Å². The molecular formula is C18H22ClN3O. The Morgan fingerprint density at radius 3 is 2.87 bits per heavy atom. The number of likely N-dealkylation sites (tertiary alicyclic amines) is 1. The van der Waals surface area contributed by atoms with Crippen molar-refractivity contribution in [1.29, 1.82) is 5.26 Å². The molecule has 0 aromatic heterocycles. The minimum absolute atomic E-state index is 0.0713. The second-order valence-corrected chi connectivity index (χ2v) is 7.11. The largest absolute Gasteiger partial charge is 0.324 e. The first-order valence-corrected chi connectivity index (χ1v) is 8.75. The van der Waals surface area contributed by atoms with E-state index in [1.165, 1.54) is 32.1 Å². The van der Waals surface area contributed by atoms with Crippen molar-refractivity contribution < 1.29 is 4.79 Å². The van der Waals surface area contributed by atoms with Crippen molar-refractivity contribution in [2.75, 3.05) is 25.0 Å². The van der Waals surface area contributed by atoms with E-state index in [1.54, 1.807) is 18.2 Å². The van der Waals surface area contributed by atoms with Crippen LogP contribution in [0.4, 0.5) is 5.69 Å². The Balaban J connectivity index is 1.58. The van der Waals surface area contributed by atoms with E-state index >= 15 is 0 Å². The second-order valence-electron chi connectivity index (χ2n) is 6.68. The van der Waals surface area contributed by atoms with Gasteiger partial charge in [0.2, 0.25) is 5.91 Å². The third-order valence-corrected chi connectivity index (χ3v) is 5.35. The molecule has 1 heterocycles. The summed E-state index contributed by atoms with van der Waals surface area (Å²) >= 11 is 5.95. The van der Waals surface area contributed by atoms with Gasteiger partial charge in [-0.25, -0.2) is 0 Å². The van der Waals surface area contributed by atoms with Gasteiger partial charge < -0.3 is 5.32 Å². The monoisotopic (exact) mass is 331 g/mol. The van der Waals surface area contributed by atoms with E-state index < -0.39 is 0 Å². The maximum Gasteiger partial charge on any atom is 0.238 e.